The molecule has 4 rings (SSSR count). The Morgan fingerprint density at radius 2 is 1.79 bits per heavy atom. The van der Waals surface area contributed by atoms with Crippen molar-refractivity contribution in [2.24, 2.45) is 0 Å². The summed E-state index contributed by atoms with van der Waals surface area (Å²) in [5, 5.41) is 13.4. The van der Waals surface area contributed by atoms with Gasteiger partial charge in [0.1, 0.15) is 18.8 Å². The van der Waals surface area contributed by atoms with Gasteiger partial charge in [-0.05, 0) is 35.4 Å². The van der Waals surface area contributed by atoms with Crippen molar-refractivity contribution in [2.75, 3.05) is 46.5 Å². The molecule has 1 atom stereocenters. The van der Waals surface area contributed by atoms with E-state index in [1.807, 2.05) is 24.3 Å². The van der Waals surface area contributed by atoms with Crippen LogP contribution in [0.3, 0.4) is 0 Å². The molecule has 2 aliphatic rings. The average Bonchev–Trinajstić information content (AvgIpc) is 3.10. The lowest BCUT2D eigenvalue weighted by Gasteiger charge is -2.29. The van der Waals surface area contributed by atoms with E-state index in [2.05, 4.69) is 15.9 Å². The topological polar surface area (TPSA) is 83.3 Å². The number of halogens is 1. The number of ether oxygens (including phenoxy) is 2. The smallest absolute Gasteiger partial charge is 0.295 e. The molecule has 0 bridgehead atoms. The SMILES string of the molecule is COc1ccc(/C([O-])=C2\C(=O)C(=O)N(CCC[NH+]3CCOCC3)C2c2ccc(Br)cc2)cc1. The van der Waals surface area contributed by atoms with E-state index in [0.29, 0.717) is 17.9 Å². The number of hydrogen-bond acceptors (Lipinski definition) is 5. The van der Waals surface area contributed by atoms with Crippen molar-refractivity contribution in [1.29, 1.82) is 0 Å². The van der Waals surface area contributed by atoms with Crippen LogP contribution in [-0.2, 0) is 14.3 Å². The first-order chi connectivity index (χ1) is 16.0. The van der Waals surface area contributed by atoms with Crippen LogP contribution in [0.25, 0.3) is 5.76 Å². The molecule has 2 aromatic rings. The first-order valence-corrected chi connectivity index (χ1v) is 11.9. The van der Waals surface area contributed by atoms with Crippen molar-refractivity contribution in [3.63, 3.8) is 0 Å². The largest absolute Gasteiger partial charge is 0.872 e. The predicted octanol–water partition coefficient (Wildman–Crippen LogP) is 0.987. The maximum atomic E-state index is 13.4. The maximum Gasteiger partial charge on any atom is 0.295 e. The molecule has 174 valence electrons. The van der Waals surface area contributed by atoms with Gasteiger partial charge in [0.05, 0.1) is 32.9 Å². The monoisotopic (exact) mass is 514 g/mol. The number of nitrogens with one attached hydrogen (secondary N) is 1. The van der Waals surface area contributed by atoms with E-state index in [1.165, 1.54) is 4.90 Å². The number of benzene rings is 2. The van der Waals surface area contributed by atoms with Crippen LogP contribution in [0.5, 0.6) is 5.75 Å². The number of ketones is 1. The quantitative estimate of drug-likeness (QED) is 0.338. The Labute approximate surface area is 201 Å². The van der Waals surface area contributed by atoms with Gasteiger partial charge in [0.15, 0.2) is 0 Å². The van der Waals surface area contributed by atoms with Crippen LogP contribution in [-0.4, -0.2) is 63.1 Å². The van der Waals surface area contributed by atoms with E-state index in [4.69, 9.17) is 9.47 Å². The van der Waals surface area contributed by atoms with Gasteiger partial charge in [-0.2, -0.15) is 0 Å². The number of carbonyl (C=O) groups is 2. The van der Waals surface area contributed by atoms with Gasteiger partial charge < -0.3 is 24.4 Å². The third-order valence-corrected chi connectivity index (χ3v) is 6.73. The molecule has 0 radical (unpaired) electrons. The summed E-state index contributed by atoms with van der Waals surface area (Å²) in [5.74, 6) is -1.15. The second-order valence-corrected chi connectivity index (χ2v) is 9.13. The van der Waals surface area contributed by atoms with Crippen LogP contribution in [0.4, 0.5) is 0 Å². The van der Waals surface area contributed by atoms with Gasteiger partial charge in [0.2, 0.25) is 5.78 Å². The van der Waals surface area contributed by atoms with E-state index in [-0.39, 0.29) is 5.57 Å². The lowest BCUT2D eigenvalue weighted by atomic mass is 9.95. The highest BCUT2D eigenvalue weighted by molar-refractivity contribution is 9.10. The number of morpholine rings is 1. The van der Waals surface area contributed by atoms with Crippen molar-refractivity contribution in [2.45, 2.75) is 12.5 Å². The molecule has 8 heteroatoms. The van der Waals surface area contributed by atoms with Gasteiger partial charge >= 0.3 is 0 Å². The first-order valence-electron chi connectivity index (χ1n) is 11.1. The lowest BCUT2D eigenvalue weighted by molar-refractivity contribution is -0.908. The minimum absolute atomic E-state index is 0.00575. The van der Waals surface area contributed by atoms with E-state index < -0.39 is 23.5 Å². The van der Waals surface area contributed by atoms with Crippen molar-refractivity contribution in [3.8, 4) is 5.75 Å². The number of amides is 1. The van der Waals surface area contributed by atoms with E-state index in [0.717, 1.165) is 49.3 Å². The molecular weight excluding hydrogens is 488 g/mol. The molecule has 2 aromatic carbocycles. The molecule has 1 N–H and O–H groups in total. The van der Waals surface area contributed by atoms with Gasteiger partial charge in [-0.1, -0.05) is 46.0 Å². The number of likely N-dealkylation sites (tertiary alicyclic amines) is 1. The number of nitrogens with zero attached hydrogens (tertiary/aromatic N) is 1. The summed E-state index contributed by atoms with van der Waals surface area (Å²) in [6.07, 6.45) is 0.741. The summed E-state index contributed by atoms with van der Waals surface area (Å²) in [6.45, 7) is 4.66. The molecule has 0 spiro atoms. The van der Waals surface area contributed by atoms with Gasteiger partial charge in [0, 0.05) is 23.0 Å². The Kier molecular flexibility index (Phi) is 7.47. The second kappa shape index (κ2) is 10.5. The molecule has 0 saturated carbocycles. The number of quaternary nitrogens is 1. The Morgan fingerprint density at radius 3 is 2.42 bits per heavy atom. The highest BCUT2D eigenvalue weighted by Gasteiger charge is 2.44. The molecule has 2 aliphatic heterocycles. The molecule has 7 nitrogen and oxygen atoms in total. The minimum Gasteiger partial charge on any atom is -0.872 e. The van der Waals surface area contributed by atoms with Gasteiger partial charge in [-0.3, -0.25) is 9.59 Å². The van der Waals surface area contributed by atoms with Crippen LogP contribution in [0, 0.1) is 0 Å². The Morgan fingerprint density at radius 1 is 1.12 bits per heavy atom. The Hall–Kier alpha value is -2.68. The minimum atomic E-state index is -0.720. The second-order valence-electron chi connectivity index (χ2n) is 8.22. The summed E-state index contributed by atoms with van der Waals surface area (Å²) in [4.78, 5) is 29.1. The maximum absolute atomic E-state index is 13.4. The Bertz CT molecular complexity index is 1030. The molecule has 1 unspecified atom stereocenters. The zero-order valence-corrected chi connectivity index (χ0v) is 20.1. The highest BCUT2D eigenvalue weighted by Crippen LogP contribution is 2.39. The van der Waals surface area contributed by atoms with Crippen molar-refractivity contribution >= 4 is 33.4 Å². The summed E-state index contributed by atoms with van der Waals surface area (Å²) in [7, 11) is 1.55. The average molecular weight is 515 g/mol. The van der Waals surface area contributed by atoms with Crippen LogP contribution in [0.2, 0.25) is 0 Å². The van der Waals surface area contributed by atoms with Crippen LogP contribution < -0.4 is 14.7 Å². The summed E-state index contributed by atoms with van der Waals surface area (Å²) in [5.41, 5.74) is 1.10. The third-order valence-electron chi connectivity index (χ3n) is 6.20. The fraction of sp³-hybridized carbons (Fsp3) is 0.360. The summed E-state index contributed by atoms with van der Waals surface area (Å²) >= 11 is 3.43. The molecule has 0 aromatic heterocycles. The summed E-state index contributed by atoms with van der Waals surface area (Å²) < 4.78 is 11.5. The molecule has 1 amide bonds. The zero-order chi connectivity index (χ0) is 23.4. The third kappa shape index (κ3) is 5.13. The van der Waals surface area contributed by atoms with Crippen molar-refractivity contribution < 1.29 is 29.1 Å². The summed E-state index contributed by atoms with van der Waals surface area (Å²) in [6, 6.07) is 13.3. The number of hydrogen-bond donors (Lipinski definition) is 1. The number of Topliss-reactive ketones (excluding diaryl/α,β-unsaturated/α-hetero) is 1. The standard InChI is InChI=1S/C25H27BrN2O5/c1-32-20-9-5-18(6-10-20)23(29)21-22(17-3-7-19(26)8-4-17)28(25(31)24(21)30)12-2-11-27-13-15-33-16-14-27/h3-10,22,29H,2,11-16H2,1H3/b23-21+. The van der Waals surface area contributed by atoms with Crippen molar-refractivity contribution in [1.82, 2.24) is 4.90 Å². The molecule has 0 aliphatic carbocycles. The molecular formula is C25H27BrN2O5. The number of carbonyl (C=O) groups excluding carboxylic acids is 2. The van der Waals surface area contributed by atoms with Crippen LogP contribution in [0.15, 0.2) is 58.6 Å². The Balaban J connectivity index is 1.65. The van der Waals surface area contributed by atoms with Crippen molar-refractivity contribution in [3.05, 3.63) is 69.7 Å². The fourth-order valence-corrected chi connectivity index (χ4v) is 4.66. The number of rotatable bonds is 7. The first kappa shape index (κ1) is 23.5. The lowest BCUT2D eigenvalue weighted by Crippen LogP contribution is -3.14. The van der Waals surface area contributed by atoms with Gasteiger partial charge in [-0.15, -0.1) is 0 Å². The molecule has 2 saturated heterocycles. The zero-order valence-electron chi connectivity index (χ0n) is 18.5. The fourth-order valence-electron chi connectivity index (χ4n) is 4.40. The van der Waals surface area contributed by atoms with Crippen LogP contribution in [0.1, 0.15) is 23.6 Å². The van der Waals surface area contributed by atoms with Gasteiger partial charge in [0.25, 0.3) is 5.91 Å². The molecule has 33 heavy (non-hydrogen) atoms. The van der Waals surface area contributed by atoms with E-state index >= 15 is 0 Å². The normalized spacial score (nSPS) is 20.9. The predicted molar refractivity (Wildman–Crippen MR) is 125 cm³/mol. The number of methoxy groups -OCH3 is 1. The van der Waals surface area contributed by atoms with Crippen LogP contribution >= 0.6 is 15.9 Å². The van der Waals surface area contributed by atoms with Gasteiger partial charge in [-0.25, -0.2) is 0 Å². The highest BCUT2D eigenvalue weighted by atomic mass is 79.9. The molecule has 2 fully saturated rings. The molecule has 2 heterocycles. The van der Waals surface area contributed by atoms with E-state index in [9.17, 15) is 14.7 Å². The van der Waals surface area contributed by atoms with E-state index in [1.54, 1.807) is 36.3 Å².